The average molecular weight is 528 g/mol. The number of rotatable bonds is 12. The summed E-state index contributed by atoms with van der Waals surface area (Å²) >= 11 is 0. The van der Waals surface area contributed by atoms with E-state index in [0.29, 0.717) is 12.8 Å². The second-order valence-corrected chi connectivity index (χ2v) is 10.7. The zero-order valence-electron chi connectivity index (χ0n) is 21.8. The quantitative estimate of drug-likeness (QED) is 0.223. The van der Waals surface area contributed by atoms with Crippen LogP contribution in [0.3, 0.4) is 0 Å². The molecule has 3 aromatic rings. The van der Waals surface area contributed by atoms with Gasteiger partial charge in [-0.15, -0.1) is 0 Å². The van der Waals surface area contributed by atoms with E-state index in [1.165, 1.54) is 19.2 Å². The molecule has 2 aromatic carbocycles. The first-order valence-corrected chi connectivity index (χ1v) is 14.0. The highest BCUT2D eigenvalue weighted by Gasteiger charge is 2.23. The van der Waals surface area contributed by atoms with Crippen molar-refractivity contribution >= 4 is 14.0 Å². The molecule has 1 heterocycles. The number of halogens is 1. The van der Waals surface area contributed by atoms with Gasteiger partial charge in [-0.1, -0.05) is 63.2 Å². The average Bonchev–Trinajstić information content (AvgIpc) is 2.88. The van der Waals surface area contributed by atoms with Crippen molar-refractivity contribution in [3.63, 3.8) is 0 Å². The summed E-state index contributed by atoms with van der Waals surface area (Å²) in [6.45, 7) is 6.30. The van der Waals surface area contributed by atoms with E-state index >= 15 is 0 Å². The van der Waals surface area contributed by atoms with Crippen molar-refractivity contribution in [3.8, 4) is 22.4 Å². The Morgan fingerprint density at radius 2 is 1.73 bits per heavy atom. The van der Waals surface area contributed by atoms with Gasteiger partial charge in [-0.25, -0.2) is 4.39 Å². The summed E-state index contributed by atoms with van der Waals surface area (Å²) in [7, 11) is -1.06. The Hall–Kier alpha value is -2.86. The molecular weight excluding hydrogens is 492 g/mol. The SMILES string of the molecule is CCc1c(-c2ccccc2)nc(C(C)C)c(CCOC(=O)CC(O)C[PH](=O)OC)c1-c1ccc(F)cc1. The smallest absolute Gasteiger partial charge is 0.308 e. The minimum Gasteiger partial charge on any atom is -0.465 e. The zero-order valence-corrected chi connectivity index (χ0v) is 22.8. The number of aromatic nitrogens is 1. The number of pyridine rings is 1. The lowest BCUT2D eigenvalue weighted by molar-refractivity contribution is -0.145. The summed E-state index contributed by atoms with van der Waals surface area (Å²) in [6, 6.07) is 16.4. The number of ether oxygens (including phenoxy) is 1. The van der Waals surface area contributed by atoms with Gasteiger partial charge in [-0.05, 0) is 46.7 Å². The molecule has 0 saturated carbocycles. The lowest BCUT2D eigenvalue weighted by Gasteiger charge is -2.23. The first kappa shape index (κ1) is 28.7. The molecule has 2 unspecified atom stereocenters. The van der Waals surface area contributed by atoms with Crippen molar-refractivity contribution < 1.29 is 28.1 Å². The molecule has 1 N–H and O–H groups in total. The number of carbonyl (C=O) groups is 1. The van der Waals surface area contributed by atoms with E-state index in [4.69, 9.17) is 14.2 Å². The molecule has 2 atom stereocenters. The second-order valence-electron chi connectivity index (χ2n) is 9.17. The predicted molar refractivity (Wildman–Crippen MR) is 145 cm³/mol. The summed E-state index contributed by atoms with van der Waals surface area (Å²) in [5.74, 6) is -0.794. The Morgan fingerprint density at radius 3 is 2.32 bits per heavy atom. The molecule has 6 nitrogen and oxygen atoms in total. The summed E-state index contributed by atoms with van der Waals surface area (Å²) in [4.78, 5) is 17.4. The minimum atomic E-state index is -2.37. The van der Waals surface area contributed by atoms with Crippen LogP contribution >= 0.6 is 8.03 Å². The molecule has 0 amide bonds. The van der Waals surface area contributed by atoms with Crippen LogP contribution in [0.5, 0.6) is 0 Å². The number of aliphatic hydroxyl groups excluding tert-OH is 1. The molecule has 0 aliphatic heterocycles. The van der Waals surface area contributed by atoms with E-state index in [2.05, 4.69) is 20.8 Å². The maximum atomic E-state index is 13.8. The highest BCUT2D eigenvalue weighted by Crippen LogP contribution is 2.38. The number of esters is 1. The minimum absolute atomic E-state index is 0.0896. The van der Waals surface area contributed by atoms with E-state index in [1.54, 1.807) is 12.1 Å². The summed E-state index contributed by atoms with van der Waals surface area (Å²) in [5, 5.41) is 9.98. The molecule has 37 heavy (non-hydrogen) atoms. The zero-order chi connectivity index (χ0) is 26.9. The topological polar surface area (TPSA) is 85.7 Å². The number of hydrogen-bond donors (Lipinski definition) is 1. The van der Waals surface area contributed by atoms with Crippen LogP contribution in [0.15, 0.2) is 54.6 Å². The van der Waals surface area contributed by atoms with Crippen LogP contribution in [0.4, 0.5) is 4.39 Å². The molecule has 0 spiro atoms. The monoisotopic (exact) mass is 527 g/mol. The summed E-state index contributed by atoms with van der Waals surface area (Å²) < 4.78 is 35.5. The van der Waals surface area contributed by atoms with Crippen LogP contribution in [-0.2, 0) is 31.5 Å². The Bertz CT molecular complexity index is 1220. The molecule has 0 aliphatic carbocycles. The third-order valence-electron chi connectivity index (χ3n) is 6.16. The molecule has 0 radical (unpaired) electrons. The van der Waals surface area contributed by atoms with Crippen LogP contribution in [-0.4, -0.2) is 42.0 Å². The molecule has 0 saturated heterocycles. The van der Waals surface area contributed by atoms with Crippen LogP contribution < -0.4 is 0 Å². The number of benzene rings is 2. The standard InChI is InChI=1S/C29H35FNO5P/c1-5-24-27(20-11-13-22(30)14-12-20)25(15-16-36-26(33)17-23(32)18-37(34)35-4)28(19(2)3)31-29(24)21-9-7-6-8-10-21/h6-14,19,23,32,37H,5,15-18H2,1-4H3. The van der Waals surface area contributed by atoms with Crippen LogP contribution in [0.1, 0.15) is 49.9 Å². The number of nitrogens with zero attached hydrogens (tertiary/aromatic N) is 1. The molecule has 0 bridgehead atoms. The van der Waals surface area contributed by atoms with E-state index in [-0.39, 0.29) is 30.9 Å². The molecule has 8 heteroatoms. The van der Waals surface area contributed by atoms with E-state index in [1.807, 2.05) is 30.3 Å². The third-order valence-corrected chi connectivity index (χ3v) is 7.42. The molecular formula is C29H35FNO5P. The molecule has 3 rings (SSSR count). The van der Waals surface area contributed by atoms with E-state index < -0.39 is 20.1 Å². The maximum absolute atomic E-state index is 13.8. The van der Waals surface area contributed by atoms with Crippen molar-refractivity contribution in [1.29, 1.82) is 0 Å². The summed E-state index contributed by atoms with van der Waals surface area (Å²) in [5.41, 5.74) is 6.65. The van der Waals surface area contributed by atoms with Crippen molar-refractivity contribution in [2.45, 2.75) is 52.1 Å². The first-order chi connectivity index (χ1) is 17.7. The van der Waals surface area contributed by atoms with Gasteiger partial charge in [-0.2, -0.15) is 0 Å². The molecule has 0 fully saturated rings. The lowest BCUT2D eigenvalue weighted by atomic mass is 9.86. The van der Waals surface area contributed by atoms with Crippen molar-refractivity contribution in [2.24, 2.45) is 0 Å². The normalized spacial score (nSPS) is 12.9. The number of carbonyl (C=O) groups excluding carboxylic acids is 1. The van der Waals surface area contributed by atoms with Crippen molar-refractivity contribution in [1.82, 2.24) is 4.98 Å². The lowest BCUT2D eigenvalue weighted by Crippen LogP contribution is -2.19. The Labute approximate surface area is 218 Å². The van der Waals surface area contributed by atoms with Gasteiger partial charge in [-0.3, -0.25) is 14.3 Å². The Balaban J connectivity index is 2.00. The maximum Gasteiger partial charge on any atom is 0.308 e. The fourth-order valence-electron chi connectivity index (χ4n) is 4.42. The fourth-order valence-corrected chi connectivity index (χ4v) is 5.12. The largest absolute Gasteiger partial charge is 0.465 e. The molecule has 198 valence electrons. The van der Waals surface area contributed by atoms with Gasteiger partial charge >= 0.3 is 5.97 Å². The molecule has 1 aromatic heterocycles. The van der Waals surface area contributed by atoms with Crippen LogP contribution in [0, 0.1) is 5.82 Å². The van der Waals surface area contributed by atoms with Gasteiger partial charge in [0.2, 0.25) is 0 Å². The van der Waals surface area contributed by atoms with Gasteiger partial charge in [0.25, 0.3) is 0 Å². The third kappa shape index (κ3) is 7.57. The fraction of sp³-hybridized carbons (Fsp3) is 0.379. The first-order valence-electron chi connectivity index (χ1n) is 12.5. The summed E-state index contributed by atoms with van der Waals surface area (Å²) in [6.07, 6.45) is -0.315. The predicted octanol–water partition coefficient (Wildman–Crippen LogP) is 6.20. The second kappa shape index (κ2) is 13.6. The Morgan fingerprint density at radius 1 is 1.05 bits per heavy atom. The van der Waals surface area contributed by atoms with Gasteiger partial charge in [0.05, 0.1) is 24.8 Å². The van der Waals surface area contributed by atoms with Crippen molar-refractivity contribution in [2.75, 3.05) is 19.9 Å². The van der Waals surface area contributed by atoms with Crippen LogP contribution in [0.2, 0.25) is 0 Å². The highest BCUT2D eigenvalue weighted by atomic mass is 31.1. The van der Waals surface area contributed by atoms with E-state index in [9.17, 15) is 18.9 Å². The van der Waals surface area contributed by atoms with Gasteiger partial charge in [0, 0.05) is 30.9 Å². The number of hydrogen-bond acceptors (Lipinski definition) is 6. The molecule has 0 aliphatic rings. The van der Waals surface area contributed by atoms with Gasteiger partial charge in [0.1, 0.15) is 5.82 Å². The Kier molecular flexibility index (Phi) is 10.6. The van der Waals surface area contributed by atoms with Crippen LogP contribution in [0.25, 0.3) is 22.4 Å². The number of aliphatic hydroxyl groups is 1. The van der Waals surface area contributed by atoms with Gasteiger partial charge < -0.3 is 14.4 Å². The highest BCUT2D eigenvalue weighted by molar-refractivity contribution is 7.39. The van der Waals surface area contributed by atoms with Crippen molar-refractivity contribution in [3.05, 3.63) is 77.2 Å². The van der Waals surface area contributed by atoms with Gasteiger partial charge in [0.15, 0.2) is 8.03 Å². The van der Waals surface area contributed by atoms with E-state index in [0.717, 1.165) is 39.2 Å².